The van der Waals surface area contributed by atoms with Crippen LogP contribution in [0.4, 0.5) is 0 Å². The fraction of sp³-hybridized carbons (Fsp3) is 0.133. The second kappa shape index (κ2) is 7.08. The molecule has 0 aliphatic carbocycles. The van der Waals surface area contributed by atoms with Crippen molar-refractivity contribution in [3.63, 3.8) is 0 Å². The number of ether oxygens (including phenoxy) is 1. The molecule has 0 N–H and O–H groups in total. The summed E-state index contributed by atoms with van der Waals surface area (Å²) < 4.78 is 4.51. The maximum absolute atomic E-state index is 10.9. The van der Waals surface area contributed by atoms with Crippen LogP contribution in [0, 0.1) is 11.8 Å². The highest BCUT2D eigenvalue weighted by Crippen LogP contribution is 1.97. The highest BCUT2D eigenvalue weighted by Gasteiger charge is 1.91. The molecule has 0 fully saturated rings. The van der Waals surface area contributed by atoms with Crippen molar-refractivity contribution in [1.82, 2.24) is 0 Å². The van der Waals surface area contributed by atoms with Gasteiger partial charge in [-0.2, -0.15) is 0 Å². The third kappa shape index (κ3) is 5.39. The third-order valence-electron chi connectivity index (χ3n) is 1.97. The van der Waals surface area contributed by atoms with Gasteiger partial charge in [0.1, 0.15) is 0 Å². The lowest BCUT2D eigenvalue weighted by Gasteiger charge is -1.91. The molecular weight excluding hydrogens is 212 g/mol. The monoisotopic (exact) mass is 226 g/mol. The number of carbonyl (C=O) groups excluding carboxylic acids is 1. The van der Waals surface area contributed by atoms with E-state index in [9.17, 15) is 4.79 Å². The van der Waals surface area contributed by atoms with Crippen LogP contribution in [-0.2, 0) is 9.53 Å². The van der Waals surface area contributed by atoms with Gasteiger partial charge in [0.05, 0.1) is 7.11 Å². The molecule has 0 amide bonds. The zero-order valence-corrected chi connectivity index (χ0v) is 9.94. The number of hydrogen-bond acceptors (Lipinski definition) is 2. The first-order chi connectivity index (χ1) is 8.22. The number of allylic oxidation sites excluding steroid dienone is 3. The Labute approximate surface area is 102 Å². The molecule has 0 bridgehead atoms. The first kappa shape index (κ1) is 12.8. The van der Waals surface area contributed by atoms with Crippen LogP contribution in [0.2, 0.25) is 0 Å². The normalized spacial score (nSPS) is 10.8. The van der Waals surface area contributed by atoms with Crippen molar-refractivity contribution in [2.45, 2.75) is 6.92 Å². The second-order valence-electron chi connectivity index (χ2n) is 3.38. The first-order valence-corrected chi connectivity index (χ1v) is 5.22. The van der Waals surface area contributed by atoms with E-state index >= 15 is 0 Å². The Kier molecular flexibility index (Phi) is 5.33. The van der Waals surface area contributed by atoms with Crippen molar-refractivity contribution >= 4 is 5.97 Å². The van der Waals surface area contributed by atoms with Gasteiger partial charge in [-0.3, -0.25) is 0 Å². The average molecular weight is 226 g/mol. The lowest BCUT2D eigenvalue weighted by molar-refractivity contribution is -0.134. The molecule has 2 nitrogen and oxygen atoms in total. The van der Waals surface area contributed by atoms with Gasteiger partial charge in [0.2, 0.25) is 0 Å². The summed E-state index contributed by atoms with van der Waals surface area (Å²) in [6.45, 7) is 1.82. The van der Waals surface area contributed by atoms with Gasteiger partial charge in [-0.15, -0.1) is 0 Å². The molecule has 0 unspecified atom stereocenters. The molecule has 1 aromatic rings. The smallest absolute Gasteiger partial charge is 0.330 e. The predicted molar refractivity (Wildman–Crippen MR) is 68.2 cm³/mol. The lowest BCUT2D eigenvalue weighted by Crippen LogP contribution is -1.94. The molecule has 0 atom stereocenters. The van der Waals surface area contributed by atoms with Crippen molar-refractivity contribution in [3.8, 4) is 11.8 Å². The molecule has 0 saturated heterocycles. The highest BCUT2D eigenvalue weighted by molar-refractivity contribution is 5.83. The fourth-order valence-electron chi connectivity index (χ4n) is 1.11. The van der Waals surface area contributed by atoms with E-state index in [-0.39, 0.29) is 5.97 Å². The van der Waals surface area contributed by atoms with E-state index in [1.807, 2.05) is 37.3 Å². The summed E-state index contributed by atoms with van der Waals surface area (Å²) >= 11 is 0. The van der Waals surface area contributed by atoms with E-state index in [0.29, 0.717) is 0 Å². The molecule has 0 aliphatic heterocycles. The summed E-state index contributed by atoms with van der Waals surface area (Å²) in [7, 11) is 1.35. The van der Waals surface area contributed by atoms with Crippen molar-refractivity contribution in [1.29, 1.82) is 0 Å². The molecule has 0 spiro atoms. The van der Waals surface area contributed by atoms with Gasteiger partial charge in [0.15, 0.2) is 0 Å². The standard InChI is InChI=1S/C15H14O2/c1-13(12-15(16)17-2)8-6-7-11-14-9-4-3-5-10-14/h3-6,8-10,12H,1-2H3/b8-6+,13-12+. The van der Waals surface area contributed by atoms with Gasteiger partial charge in [-0.1, -0.05) is 36.1 Å². The third-order valence-corrected chi connectivity index (χ3v) is 1.97. The minimum Gasteiger partial charge on any atom is -0.466 e. The van der Waals surface area contributed by atoms with E-state index in [1.165, 1.54) is 13.2 Å². The number of benzene rings is 1. The van der Waals surface area contributed by atoms with Crippen LogP contribution in [0.5, 0.6) is 0 Å². The van der Waals surface area contributed by atoms with Crippen LogP contribution in [0.1, 0.15) is 12.5 Å². The van der Waals surface area contributed by atoms with Crippen LogP contribution in [0.25, 0.3) is 0 Å². The van der Waals surface area contributed by atoms with E-state index in [2.05, 4.69) is 16.6 Å². The highest BCUT2D eigenvalue weighted by atomic mass is 16.5. The number of rotatable bonds is 2. The molecule has 0 heterocycles. The van der Waals surface area contributed by atoms with E-state index < -0.39 is 0 Å². The predicted octanol–water partition coefficient (Wildman–Crippen LogP) is 2.71. The van der Waals surface area contributed by atoms with Gasteiger partial charge in [-0.05, 0) is 30.7 Å². The zero-order chi connectivity index (χ0) is 12.5. The quantitative estimate of drug-likeness (QED) is 0.335. The fourth-order valence-corrected chi connectivity index (χ4v) is 1.11. The Bertz CT molecular complexity index is 485. The van der Waals surface area contributed by atoms with Crippen LogP contribution in [0.15, 0.2) is 54.1 Å². The lowest BCUT2D eigenvalue weighted by atomic mass is 10.2. The Morgan fingerprint density at radius 2 is 2.00 bits per heavy atom. The minimum absolute atomic E-state index is 0.358. The number of hydrogen-bond donors (Lipinski definition) is 0. The number of methoxy groups -OCH3 is 1. The molecule has 0 saturated carbocycles. The van der Waals surface area contributed by atoms with Crippen molar-refractivity contribution < 1.29 is 9.53 Å². The topological polar surface area (TPSA) is 26.3 Å². The van der Waals surface area contributed by atoms with E-state index in [1.54, 1.807) is 12.2 Å². The Hall–Kier alpha value is -2.27. The molecule has 17 heavy (non-hydrogen) atoms. The summed E-state index contributed by atoms with van der Waals surface area (Å²) in [5, 5.41) is 0. The molecule has 1 aromatic carbocycles. The van der Waals surface area contributed by atoms with Gasteiger partial charge in [0.25, 0.3) is 0 Å². The summed E-state index contributed by atoms with van der Waals surface area (Å²) in [5.74, 6) is 5.53. The summed E-state index contributed by atoms with van der Waals surface area (Å²) in [6.07, 6.45) is 4.90. The first-order valence-electron chi connectivity index (χ1n) is 5.22. The number of esters is 1. The van der Waals surface area contributed by atoms with Crippen molar-refractivity contribution in [2.75, 3.05) is 7.11 Å². The minimum atomic E-state index is -0.358. The molecule has 2 heteroatoms. The number of carbonyl (C=O) groups is 1. The molecular formula is C15H14O2. The second-order valence-corrected chi connectivity index (χ2v) is 3.38. The Morgan fingerprint density at radius 1 is 1.29 bits per heavy atom. The maximum Gasteiger partial charge on any atom is 0.330 e. The van der Waals surface area contributed by atoms with Gasteiger partial charge >= 0.3 is 5.97 Å². The molecule has 0 aliphatic rings. The van der Waals surface area contributed by atoms with Gasteiger partial charge in [-0.25, -0.2) is 4.79 Å². The largest absolute Gasteiger partial charge is 0.466 e. The van der Waals surface area contributed by atoms with Crippen molar-refractivity contribution in [3.05, 3.63) is 59.7 Å². The van der Waals surface area contributed by atoms with Crippen LogP contribution < -0.4 is 0 Å². The molecule has 1 rings (SSSR count). The zero-order valence-electron chi connectivity index (χ0n) is 9.94. The SMILES string of the molecule is COC(=O)/C=C(C)/C=C/C#Cc1ccccc1. The molecule has 86 valence electrons. The van der Waals surface area contributed by atoms with Crippen LogP contribution >= 0.6 is 0 Å². The van der Waals surface area contributed by atoms with E-state index in [4.69, 9.17) is 0 Å². The van der Waals surface area contributed by atoms with Gasteiger partial charge < -0.3 is 4.74 Å². The molecule has 0 aromatic heterocycles. The van der Waals surface area contributed by atoms with Crippen molar-refractivity contribution in [2.24, 2.45) is 0 Å². The maximum atomic E-state index is 10.9. The van der Waals surface area contributed by atoms with Crippen LogP contribution in [-0.4, -0.2) is 13.1 Å². The summed E-state index contributed by atoms with van der Waals surface area (Å²) in [5.41, 5.74) is 1.77. The Balaban J connectivity index is 2.60. The summed E-state index contributed by atoms with van der Waals surface area (Å²) in [6, 6.07) is 9.71. The Morgan fingerprint density at radius 3 is 2.65 bits per heavy atom. The van der Waals surface area contributed by atoms with Gasteiger partial charge in [0, 0.05) is 11.6 Å². The summed E-state index contributed by atoms with van der Waals surface area (Å²) in [4.78, 5) is 10.9. The van der Waals surface area contributed by atoms with Crippen LogP contribution in [0.3, 0.4) is 0 Å². The average Bonchev–Trinajstić information content (AvgIpc) is 2.36. The molecule has 0 radical (unpaired) electrons. The van der Waals surface area contributed by atoms with E-state index in [0.717, 1.165) is 11.1 Å².